The van der Waals surface area contributed by atoms with Crippen LogP contribution in [0.15, 0.2) is 67.2 Å². The van der Waals surface area contributed by atoms with Crippen molar-refractivity contribution in [2.45, 2.75) is 24.4 Å². The van der Waals surface area contributed by atoms with E-state index in [2.05, 4.69) is 40.0 Å². The van der Waals surface area contributed by atoms with Gasteiger partial charge in [-0.05, 0) is 78.2 Å². The number of aromatic amines is 2. The van der Waals surface area contributed by atoms with Gasteiger partial charge in [-0.1, -0.05) is 0 Å². The SMILES string of the molecule is NCCC[C@]1(C(=O)c2ccc(Nc3noc(=O)[nH]3)cc2)C(=O)N(CC(=O)O)CC(C(=O)CN)N1C(=O)c1ccc(Nc2noc(=O)[nH]2)cc1. The molecule has 2 aromatic carbocycles. The number of H-pyrrole nitrogens is 2. The van der Waals surface area contributed by atoms with Crippen molar-refractivity contribution in [3.63, 3.8) is 0 Å². The third-order valence-electron chi connectivity index (χ3n) is 7.68. The number of aliphatic carboxylic acids is 1. The largest absolute Gasteiger partial charge is 0.480 e. The van der Waals surface area contributed by atoms with Crippen molar-refractivity contribution in [2.24, 2.45) is 11.5 Å². The number of carboxylic acid groups (broad SMARTS) is 1. The van der Waals surface area contributed by atoms with Crippen molar-refractivity contribution in [1.29, 1.82) is 0 Å². The van der Waals surface area contributed by atoms with Crippen molar-refractivity contribution in [1.82, 2.24) is 30.1 Å². The van der Waals surface area contributed by atoms with E-state index in [0.717, 1.165) is 9.80 Å². The van der Waals surface area contributed by atoms with Gasteiger partial charge in [0.25, 0.3) is 11.8 Å². The first-order valence-electron chi connectivity index (χ1n) is 14.7. The summed E-state index contributed by atoms with van der Waals surface area (Å²) in [6, 6.07) is 9.63. The Kier molecular flexibility index (Phi) is 9.80. The van der Waals surface area contributed by atoms with Crippen LogP contribution in [0.1, 0.15) is 33.6 Å². The van der Waals surface area contributed by atoms with E-state index in [1.165, 1.54) is 48.5 Å². The minimum atomic E-state index is -2.43. The molecule has 4 aromatic rings. The van der Waals surface area contributed by atoms with Crippen LogP contribution in [0.5, 0.6) is 0 Å². The van der Waals surface area contributed by atoms with E-state index in [1.807, 2.05) is 0 Å². The highest BCUT2D eigenvalue weighted by Gasteiger charge is 2.60. The number of aromatic nitrogens is 4. The summed E-state index contributed by atoms with van der Waals surface area (Å²) in [5.41, 5.74) is 9.74. The number of carbonyl (C=O) groups is 5. The number of piperazine rings is 1. The van der Waals surface area contributed by atoms with Gasteiger partial charge in [0.2, 0.25) is 11.9 Å². The minimum Gasteiger partial charge on any atom is -0.480 e. The smallest absolute Gasteiger partial charge is 0.440 e. The number of nitrogens with one attached hydrogen (secondary N) is 4. The predicted molar refractivity (Wildman–Crippen MR) is 167 cm³/mol. The lowest BCUT2D eigenvalue weighted by Gasteiger charge is -2.51. The zero-order chi connectivity index (χ0) is 35.3. The quantitative estimate of drug-likeness (QED) is 0.0631. The molecule has 256 valence electrons. The normalized spacial score (nSPS) is 17.5. The van der Waals surface area contributed by atoms with Crippen molar-refractivity contribution < 1.29 is 38.1 Å². The Balaban J connectivity index is 1.60. The second kappa shape index (κ2) is 14.1. The fourth-order valence-electron chi connectivity index (χ4n) is 5.53. The summed E-state index contributed by atoms with van der Waals surface area (Å²) >= 11 is 0. The topological polar surface area (TPSA) is 306 Å². The van der Waals surface area contributed by atoms with E-state index in [-0.39, 0.29) is 42.4 Å². The number of carbonyl (C=O) groups excluding carboxylic acids is 4. The average molecular weight is 679 g/mol. The molecule has 0 radical (unpaired) electrons. The molecule has 2 aromatic heterocycles. The predicted octanol–water partition coefficient (Wildman–Crippen LogP) is -0.848. The maximum Gasteiger partial charge on any atom is 0.440 e. The van der Waals surface area contributed by atoms with Crippen LogP contribution in [0.2, 0.25) is 0 Å². The first-order chi connectivity index (χ1) is 23.5. The molecule has 20 nitrogen and oxygen atoms in total. The number of rotatable bonds is 14. The Hall–Kier alpha value is -6.41. The third kappa shape index (κ3) is 6.99. The molecule has 49 heavy (non-hydrogen) atoms. The fraction of sp³-hybridized carbons (Fsp3) is 0.276. The second-order valence-electron chi connectivity index (χ2n) is 10.8. The molecule has 0 spiro atoms. The number of amides is 2. The molecule has 2 atom stereocenters. The van der Waals surface area contributed by atoms with E-state index in [0.29, 0.717) is 11.4 Å². The molecule has 0 aliphatic carbocycles. The van der Waals surface area contributed by atoms with E-state index >= 15 is 0 Å². The van der Waals surface area contributed by atoms with Gasteiger partial charge in [-0.15, -0.1) is 0 Å². The molecule has 0 bridgehead atoms. The lowest BCUT2D eigenvalue weighted by molar-refractivity contribution is -0.157. The lowest BCUT2D eigenvalue weighted by atomic mass is 9.77. The zero-order valence-corrected chi connectivity index (χ0v) is 25.5. The number of carboxylic acids is 1. The van der Waals surface area contributed by atoms with Crippen LogP contribution in [0.4, 0.5) is 23.3 Å². The van der Waals surface area contributed by atoms with Crippen molar-refractivity contribution in [3.05, 3.63) is 80.8 Å². The molecule has 9 N–H and O–H groups in total. The molecule has 1 aliphatic rings. The van der Waals surface area contributed by atoms with Crippen molar-refractivity contribution in [3.8, 4) is 0 Å². The number of benzene rings is 2. The van der Waals surface area contributed by atoms with E-state index < -0.39 is 72.1 Å². The molecular formula is C29H30N10O10. The summed E-state index contributed by atoms with van der Waals surface area (Å²) in [5.74, 6) is -6.59. The van der Waals surface area contributed by atoms with Crippen LogP contribution in [0.25, 0.3) is 0 Å². The summed E-state index contributed by atoms with van der Waals surface area (Å²) in [4.78, 5) is 97.7. The van der Waals surface area contributed by atoms with Gasteiger partial charge in [0.05, 0.1) is 6.54 Å². The Morgan fingerprint density at radius 3 is 1.86 bits per heavy atom. The molecule has 20 heteroatoms. The summed E-state index contributed by atoms with van der Waals surface area (Å²) in [6.45, 7) is -2.02. The number of anilines is 4. The third-order valence-corrected chi connectivity index (χ3v) is 7.68. The molecule has 5 rings (SSSR count). The minimum absolute atomic E-state index is 0.0141. The Bertz CT molecular complexity index is 1980. The number of nitrogens with zero attached hydrogens (tertiary/aromatic N) is 4. The molecule has 1 fully saturated rings. The van der Waals surface area contributed by atoms with E-state index in [4.69, 9.17) is 11.5 Å². The van der Waals surface area contributed by atoms with Crippen LogP contribution in [0.3, 0.4) is 0 Å². The summed E-state index contributed by atoms with van der Waals surface area (Å²) in [7, 11) is 0. The van der Waals surface area contributed by atoms with Crippen LogP contribution in [-0.4, -0.2) is 102 Å². The van der Waals surface area contributed by atoms with Gasteiger partial charge in [0.15, 0.2) is 17.1 Å². The summed E-state index contributed by atoms with van der Waals surface area (Å²) < 4.78 is 8.90. The number of hydrogen-bond acceptors (Lipinski definition) is 15. The highest BCUT2D eigenvalue weighted by molar-refractivity contribution is 6.22. The highest BCUT2D eigenvalue weighted by Crippen LogP contribution is 2.37. The fourth-order valence-corrected chi connectivity index (χ4v) is 5.53. The maximum atomic E-state index is 14.7. The standard InChI is InChI=1S/C29H30N10O10/c30-11-1-10-29(22(43)15-2-6-17(7-3-15)32-25-34-27(46)48-36-25)24(45)38(14-21(41)42)13-19(20(40)12-31)39(29)23(44)16-4-8-18(9-5-16)33-26-35-28(47)49-37-26/h2-9,19H,1,10-14,30-31H2,(H,41,42)(H2,32,34,36,46)(H2,33,35,37,47)/t19?,29-/m0/s1. The number of nitrogens with two attached hydrogens (primary N) is 2. The Labute approximate surface area is 274 Å². The van der Waals surface area contributed by atoms with Gasteiger partial charge in [-0.25, -0.2) is 9.59 Å². The van der Waals surface area contributed by atoms with E-state index in [9.17, 15) is 38.7 Å². The maximum absolute atomic E-state index is 14.7. The molecule has 1 saturated heterocycles. The number of hydrogen-bond donors (Lipinski definition) is 7. The monoisotopic (exact) mass is 678 g/mol. The van der Waals surface area contributed by atoms with Gasteiger partial charge in [-0.3, -0.25) is 43.0 Å². The second-order valence-corrected chi connectivity index (χ2v) is 10.8. The zero-order valence-electron chi connectivity index (χ0n) is 25.5. The van der Waals surface area contributed by atoms with Crippen molar-refractivity contribution >= 4 is 52.6 Å². The Morgan fingerprint density at radius 1 is 0.878 bits per heavy atom. The van der Waals surface area contributed by atoms with Gasteiger partial charge in [0.1, 0.15) is 12.6 Å². The van der Waals surface area contributed by atoms with Crippen molar-refractivity contribution in [2.75, 3.05) is 36.8 Å². The summed E-state index contributed by atoms with van der Waals surface area (Å²) in [6.07, 6.45) is -0.347. The summed E-state index contributed by atoms with van der Waals surface area (Å²) in [5, 5.41) is 22.2. The molecular weight excluding hydrogens is 648 g/mol. The first kappa shape index (κ1) is 33.9. The average Bonchev–Trinajstić information content (AvgIpc) is 3.70. The first-order valence-corrected chi connectivity index (χ1v) is 14.7. The molecule has 1 aliphatic heterocycles. The number of Topliss-reactive ketones (excluding diaryl/α,β-unsaturated/α-hetero) is 2. The molecule has 3 heterocycles. The van der Waals surface area contributed by atoms with E-state index in [1.54, 1.807) is 0 Å². The molecule has 1 unspecified atom stereocenters. The lowest BCUT2D eigenvalue weighted by Crippen LogP contribution is -2.76. The van der Waals surface area contributed by atoms with Crippen LogP contribution in [0, 0.1) is 0 Å². The van der Waals surface area contributed by atoms with Crippen LogP contribution < -0.4 is 33.6 Å². The van der Waals surface area contributed by atoms with Gasteiger partial charge < -0.3 is 37.0 Å². The van der Waals surface area contributed by atoms with Crippen LogP contribution >= 0.6 is 0 Å². The highest BCUT2D eigenvalue weighted by atomic mass is 16.5. The van der Waals surface area contributed by atoms with Gasteiger partial charge >= 0.3 is 17.5 Å². The number of ketones is 2. The molecule has 2 amide bonds. The van der Waals surface area contributed by atoms with Gasteiger partial charge in [-0.2, -0.15) is 0 Å². The Morgan fingerprint density at radius 2 is 1.41 bits per heavy atom. The molecule has 0 saturated carbocycles. The van der Waals surface area contributed by atoms with Crippen LogP contribution in [-0.2, 0) is 14.4 Å². The van der Waals surface area contributed by atoms with Gasteiger partial charge in [0, 0.05) is 29.0 Å².